The highest BCUT2D eigenvalue weighted by atomic mass is 16.7. The molecule has 0 aromatic heterocycles. The summed E-state index contributed by atoms with van der Waals surface area (Å²) in [5, 5.41) is 9.66. The average molecular weight is 861 g/mol. The maximum Gasteiger partial charge on any atom is 0.361 e. The van der Waals surface area contributed by atoms with Crippen LogP contribution in [0.25, 0.3) is 0 Å². The quantitative estimate of drug-likeness (QED) is 0.0212. The molecule has 0 amide bonds. The number of esters is 2. The molecule has 2 atom stereocenters. The number of quaternary nitrogens is 1. The second-order valence-corrected chi connectivity index (χ2v) is 17.8. The fraction of sp³-hybridized carbons (Fsp3) is 0.788. The van der Waals surface area contributed by atoms with Gasteiger partial charge in [0.25, 0.3) is 6.29 Å². The number of carboxylic acids is 1. The largest absolute Gasteiger partial charge is 0.477 e. The first-order chi connectivity index (χ1) is 29.6. The van der Waals surface area contributed by atoms with Crippen LogP contribution >= 0.6 is 0 Å². The van der Waals surface area contributed by atoms with Gasteiger partial charge >= 0.3 is 17.9 Å². The number of rotatable bonds is 45. The fourth-order valence-corrected chi connectivity index (χ4v) is 6.66. The Morgan fingerprint density at radius 1 is 0.492 bits per heavy atom. The number of allylic oxidation sites excluding steroid dienone is 8. The van der Waals surface area contributed by atoms with E-state index in [0.29, 0.717) is 23.9 Å². The van der Waals surface area contributed by atoms with Crippen LogP contribution in [0.2, 0.25) is 0 Å². The lowest BCUT2D eigenvalue weighted by Gasteiger charge is -2.25. The van der Waals surface area contributed by atoms with Crippen LogP contribution in [0.15, 0.2) is 48.6 Å². The van der Waals surface area contributed by atoms with E-state index in [9.17, 15) is 19.5 Å². The summed E-state index contributed by atoms with van der Waals surface area (Å²) in [5.74, 6) is -2.03. The van der Waals surface area contributed by atoms with Crippen molar-refractivity contribution < 1.29 is 42.9 Å². The SMILES string of the molecule is CCCCCC/C=C\C/C=C\CCCCCCCCCC(=O)OCC(COC(OCC[N+](C)(C)C)C(=O)O)OC(=O)CCCCCCCCC/C=C\C/C=C\CCCCCC. The van der Waals surface area contributed by atoms with E-state index in [1.54, 1.807) is 0 Å². The molecule has 354 valence electrons. The molecular weight excluding hydrogens is 767 g/mol. The van der Waals surface area contributed by atoms with Gasteiger partial charge in [-0.2, -0.15) is 0 Å². The van der Waals surface area contributed by atoms with Gasteiger partial charge in [0.05, 0.1) is 34.4 Å². The molecule has 2 unspecified atom stereocenters. The number of carboxylic acid groups (broad SMARTS) is 1. The first-order valence-electron chi connectivity index (χ1n) is 24.8. The Hall–Kier alpha value is -2.75. The van der Waals surface area contributed by atoms with Crippen LogP contribution in [0.3, 0.4) is 0 Å². The maximum absolute atomic E-state index is 12.8. The Bertz CT molecular complexity index is 1140. The smallest absolute Gasteiger partial charge is 0.361 e. The number of carbonyl (C=O) groups excluding carboxylic acids is 2. The summed E-state index contributed by atoms with van der Waals surface area (Å²) in [6.45, 7) is 4.82. The highest BCUT2D eigenvalue weighted by molar-refractivity contribution is 5.71. The van der Waals surface area contributed by atoms with Crippen molar-refractivity contribution in [2.45, 2.75) is 219 Å². The lowest BCUT2D eigenvalue weighted by Crippen LogP contribution is -2.40. The number of unbranched alkanes of at least 4 members (excludes halogenated alkanes) is 22. The van der Waals surface area contributed by atoms with Gasteiger partial charge in [-0.3, -0.25) is 9.59 Å². The number of carbonyl (C=O) groups is 3. The number of likely N-dealkylation sites (N-methyl/N-ethyl adjacent to an activating group) is 1. The third-order valence-corrected chi connectivity index (χ3v) is 10.6. The van der Waals surface area contributed by atoms with Crippen LogP contribution < -0.4 is 0 Å². The first-order valence-corrected chi connectivity index (χ1v) is 24.8. The van der Waals surface area contributed by atoms with E-state index in [1.165, 1.54) is 103 Å². The van der Waals surface area contributed by atoms with Crippen molar-refractivity contribution in [3.05, 3.63) is 48.6 Å². The summed E-state index contributed by atoms with van der Waals surface area (Å²) in [7, 11) is 5.95. The molecule has 0 fully saturated rings. The van der Waals surface area contributed by atoms with Gasteiger partial charge in [0.2, 0.25) is 0 Å². The number of nitrogens with zero attached hydrogens (tertiary/aromatic N) is 1. The normalized spacial score (nSPS) is 13.3. The molecule has 0 bridgehead atoms. The third-order valence-electron chi connectivity index (χ3n) is 10.6. The highest BCUT2D eigenvalue weighted by Crippen LogP contribution is 2.14. The van der Waals surface area contributed by atoms with Gasteiger partial charge in [-0.05, 0) is 77.0 Å². The first kappa shape index (κ1) is 58.2. The van der Waals surface area contributed by atoms with Crippen LogP contribution in [0, 0.1) is 0 Å². The summed E-state index contributed by atoms with van der Waals surface area (Å²) in [5.41, 5.74) is 0. The predicted octanol–water partition coefficient (Wildman–Crippen LogP) is 13.6. The molecule has 0 aromatic carbocycles. The van der Waals surface area contributed by atoms with Crippen LogP contribution in [0.1, 0.15) is 206 Å². The standard InChI is InChI=1S/C52H93NO8/c1-6-8-10-12-14-16-18-20-22-24-26-28-30-32-34-36-38-40-42-49(54)59-46-48(47-60-52(51(56)57)58-45-44-53(3,4)5)61-50(55)43-41-39-37-35-33-31-29-27-25-23-21-19-17-15-13-11-9-7-2/h16-19,22-25,48,52H,6-15,20-21,26-47H2,1-5H3/p+1/b18-16-,19-17-,24-22-,25-23-. The summed E-state index contributed by atoms with van der Waals surface area (Å²) in [4.78, 5) is 37.2. The van der Waals surface area contributed by atoms with Gasteiger partial charge in [0.15, 0.2) is 6.10 Å². The van der Waals surface area contributed by atoms with E-state index in [4.69, 9.17) is 18.9 Å². The minimum atomic E-state index is -1.51. The molecule has 0 heterocycles. The molecule has 0 aliphatic rings. The van der Waals surface area contributed by atoms with Crippen molar-refractivity contribution in [3.63, 3.8) is 0 Å². The maximum atomic E-state index is 12.8. The lowest BCUT2D eigenvalue weighted by molar-refractivity contribution is -0.870. The number of aliphatic carboxylic acids is 1. The second kappa shape index (κ2) is 43.9. The van der Waals surface area contributed by atoms with Crippen LogP contribution in [-0.2, 0) is 33.3 Å². The Morgan fingerprint density at radius 2 is 0.885 bits per heavy atom. The molecule has 0 saturated heterocycles. The van der Waals surface area contributed by atoms with Crippen LogP contribution in [0.4, 0.5) is 0 Å². The lowest BCUT2D eigenvalue weighted by atomic mass is 10.1. The molecule has 0 saturated carbocycles. The molecule has 61 heavy (non-hydrogen) atoms. The van der Waals surface area contributed by atoms with Gasteiger partial charge in [-0.1, -0.05) is 165 Å². The average Bonchev–Trinajstić information content (AvgIpc) is 3.22. The third kappa shape index (κ3) is 45.1. The summed E-state index contributed by atoms with van der Waals surface area (Å²) in [6.07, 6.45) is 48.7. The monoisotopic (exact) mass is 861 g/mol. The molecule has 0 aromatic rings. The zero-order chi connectivity index (χ0) is 44.9. The molecule has 0 radical (unpaired) electrons. The van der Waals surface area contributed by atoms with Gasteiger partial charge in [0.1, 0.15) is 13.2 Å². The minimum absolute atomic E-state index is 0.183. The molecule has 1 N–H and O–H groups in total. The Balaban J connectivity index is 4.40. The Labute approximate surface area is 374 Å². The minimum Gasteiger partial charge on any atom is -0.477 e. The zero-order valence-corrected chi connectivity index (χ0v) is 40.1. The van der Waals surface area contributed by atoms with Crippen molar-refractivity contribution in [1.82, 2.24) is 0 Å². The highest BCUT2D eigenvalue weighted by Gasteiger charge is 2.25. The van der Waals surface area contributed by atoms with Gasteiger partial charge in [0, 0.05) is 12.8 Å². The summed E-state index contributed by atoms with van der Waals surface area (Å²) < 4.78 is 22.8. The fourth-order valence-electron chi connectivity index (χ4n) is 6.66. The summed E-state index contributed by atoms with van der Waals surface area (Å²) >= 11 is 0. The van der Waals surface area contributed by atoms with Gasteiger partial charge < -0.3 is 28.5 Å². The topological polar surface area (TPSA) is 108 Å². The molecule has 0 aliphatic heterocycles. The Kier molecular flexibility index (Phi) is 41.9. The van der Waals surface area contributed by atoms with E-state index in [0.717, 1.165) is 70.6 Å². The van der Waals surface area contributed by atoms with Crippen LogP contribution in [-0.4, -0.2) is 87.4 Å². The van der Waals surface area contributed by atoms with Gasteiger partial charge in [-0.15, -0.1) is 0 Å². The van der Waals surface area contributed by atoms with E-state index < -0.39 is 24.3 Å². The molecule has 0 aliphatic carbocycles. The van der Waals surface area contributed by atoms with Crippen molar-refractivity contribution in [1.29, 1.82) is 0 Å². The Morgan fingerprint density at radius 3 is 1.30 bits per heavy atom. The van der Waals surface area contributed by atoms with E-state index in [2.05, 4.69) is 62.5 Å². The van der Waals surface area contributed by atoms with Crippen molar-refractivity contribution in [2.24, 2.45) is 0 Å². The number of ether oxygens (including phenoxy) is 4. The van der Waals surface area contributed by atoms with E-state index in [1.807, 2.05) is 21.1 Å². The number of hydrogen-bond donors (Lipinski definition) is 1. The van der Waals surface area contributed by atoms with Crippen molar-refractivity contribution in [3.8, 4) is 0 Å². The van der Waals surface area contributed by atoms with Crippen molar-refractivity contribution >= 4 is 17.9 Å². The summed E-state index contributed by atoms with van der Waals surface area (Å²) in [6, 6.07) is 0. The molecular formula is C52H94NO8+. The van der Waals surface area contributed by atoms with E-state index >= 15 is 0 Å². The van der Waals surface area contributed by atoms with Crippen LogP contribution in [0.5, 0.6) is 0 Å². The molecule has 0 spiro atoms. The van der Waals surface area contributed by atoms with E-state index in [-0.39, 0.29) is 32.2 Å². The predicted molar refractivity (Wildman–Crippen MR) is 253 cm³/mol. The molecule has 0 rings (SSSR count). The molecule has 9 nitrogen and oxygen atoms in total. The molecule has 9 heteroatoms. The second-order valence-electron chi connectivity index (χ2n) is 17.8. The van der Waals surface area contributed by atoms with Crippen molar-refractivity contribution in [2.75, 3.05) is 47.5 Å². The van der Waals surface area contributed by atoms with Gasteiger partial charge in [-0.25, -0.2) is 4.79 Å². The zero-order valence-electron chi connectivity index (χ0n) is 40.1. The number of hydrogen-bond acceptors (Lipinski definition) is 7.